The van der Waals surface area contributed by atoms with Crippen LogP contribution in [0, 0.1) is 20.2 Å². The summed E-state index contributed by atoms with van der Waals surface area (Å²) in [5.74, 6) is -1.51. The Kier molecular flexibility index (Phi) is 6.46. The number of hydrogen-bond acceptors (Lipinski definition) is 9. The number of morpholine rings is 1. The zero-order valence-corrected chi connectivity index (χ0v) is 15.4. The first-order valence-corrected chi connectivity index (χ1v) is 8.94. The summed E-state index contributed by atoms with van der Waals surface area (Å²) in [6.45, 7) is 4.10. The van der Waals surface area contributed by atoms with Crippen LogP contribution in [0.2, 0.25) is 0 Å². The van der Waals surface area contributed by atoms with Gasteiger partial charge in [0.15, 0.2) is 10.7 Å². The van der Waals surface area contributed by atoms with Crippen molar-refractivity contribution in [3.05, 3.63) is 50.1 Å². The van der Waals surface area contributed by atoms with Gasteiger partial charge in [0, 0.05) is 37.3 Å². The molecule has 0 bridgehead atoms. The number of nitrogens with zero attached hydrogens (tertiary/aromatic N) is 4. The first kappa shape index (κ1) is 20.4. The fourth-order valence-corrected chi connectivity index (χ4v) is 2.96. The topological polar surface area (TPSA) is 154 Å². The lowest BCUT2D eigenvalue weighted by molar-refractivity contribution is -0.391. The van der Waals surface area contributed by atoms with E-state index in [0.717, 1.165) is 19.6 Å². The molecule has 1 amide bonds. The van der Waals surface area contributed by atoms with E-state index >= 15 is 0 Å². The van der Waals surface area contributed by atoms with Gasteiger partial charge in [-0.15, -0.1) is 0 Å². The monoisotopic (exact) mass is 405 g/mol. The van der Waals surface area contributed by atoms with Crippen LogP contribution >= 0.6 is 0 Å². The van der Waals surface area contributed by atoms with Crippen molar-refractivity contribution in [2.45, 2.75) is 6.42 Å². The average Bonchev–Trinajstić information content (AvgIpc) is 3.17. The van der Waals surface area contributed by atoms with Crippen LogP contribution in [-0.2, 0) is 4.74 Å². The molecule has 2 aromatic rings. The largest absolute Gasteiger partial charge is 0.427 e. The van der Waals surface area contributed by atoms with Crippen LogP contribution < -0.4 is 5.32 Å². The maximum atomic E-state index is 12.6. The molecule has 0 aliphatic carbocycles. The number of carbonyl (C=O) groups excluding carboxylic acids is 1. The average molecular weight is 405 g/mol. The third-order valence-electron chi connectivity index (χ3n) is 4.45. The van der Waals surface area contributed by atoms with E-state index < -0.39 is 21.6 Å². The molecule has 2 heterocycles. The zero-order valence-electron chi connectivity index (χ0n) is 15.4. The molecule has 29 heavy (non-hydrogen) atoms. The first-order valence-electron chi connectivity index (χ1n) is 8.94. The van der Waals surface area contributed by atoms with Crippen molar-refractivity contribution >= 4 is 17.4 Å². The first-order chi connectivity index (χ1) is 14.0. The number of nitro groups is 2. The molecule has 1 aromatic heterocycles. The molecule has 12 nitrogen and oxygen atoms in total. The molecule has 1 aromatic carbocycles. The molecule has 1 saturated heterocycles. The number of ether oxygens (including phenoxy) is 1. The van der Waals surface area contributed by atoms with E-state index in [2.05, 4.69) is 15.4 Å². The standard InChI is InChI=1S/C17H19N5O7/c23-17(18-6-1-7-20-8-10-28-11-9-20)14-15(29-19-16(14)22(26)27)12-2-4-13(5-3-12)21(24)25/h2-5H,1,6-11H2,(H,18,23). The highest BCUT2D eigenvalue weighted by molar-refractivity contribution is 6.02. The predicted octanol–water partition coefficient (Wildman–Crippen LogP) is 1.61. The molecule has 3 rings (SSSR count). The number of carbonyl (C=O) groups is 1. The van der Waals surface area contributed by atoms with Gasteiger partial charge in [0.25, 0.3) is 11.6 Å². The van der Waals surface area contributed by atoms with Gasteiger partial charge in [0.2, 0.25) is 5.76 Å². The molecule has 154 valence electrons. The third-order valence-corrected chi connectivity index (χ3v) is 4.45. The molecule has 1 N–H and O–H groups in total. The summed E-state index contributed by atoms with van der Waals surface area (Å²) in [5, 5.41) is 28.1. The second-order valence-electron chi connectivity index (χ2n) is 6.33. The normalized spacial score (nSPS) is 14.5. The Morgan fingerprint density at radius 3 is 2.45 bits per heavy atom. The fourth-order valence-electron chi connectivity index (χ4n) is 2.96. The van der Waals surface area contributed by atoms with Gasteiger partial charge >= 0.3 is 5.82 Å². The highest BCUT2D eigenvalue weighted by atomic mass is 16.6. The minimum atomic E-state index is -0.805. The van der Waals surface area contributed by atoms with Gasteiger partial charge in [-0.2, -0.15) is 0 Å². The molecule has 1 fully saturated rings. The quantitative estimate of drug-likeness (QED) is 0.392. The van der Waals surface area contributed by atoms with Crippen molar-refractivity contribution in [2.75, 3.05) is 39.4 Å². The van der Waals surface area contributed by atoms with Crippen molar-refractivity contribution in [3.8, 4) is 11.3 Å². The zero-order chi connectivity index (χ0) is 20.8. The van der Waals surface area contributed by atoms with E-state index in [1.54, 1.807) is 0 Å². The summed E-state index contributed by atoms with van der Waals surface area (Å²) in [7, 11) is 0. The molecule has 1 aliphatic rings. The Labute approximate surface area is 164 Å². The molecular formula is C17H19N5O7. The predicted molar refractivity (Wildman–Crippen MR) is 99.5 cm³/mol. The minimum absolute atomic E-state index is 0.114. The maximum Gasteiger partial charge on any atom is 0.427 e. The maximum absolute atomic E-state index is 12.6. The van der Waals surface area contributed by atoms with E-state index in [4.69, 9.17) is 9.26 Å². The number of amides is 1. The Morgan fingerprint density at radius 1 is 1.14 bits per heavy atom. The SMILES string of the molecule is O=C(NCCCN1CCOCC1)c1c([N+](=O)[O-])noc1-c1ccc([N+](=O)[O-])cc1. The lowest BCUT2D eigenvalue weighted by atomic mass is 10.1. The van der Waals surface area contributed by atoms with Crippen molar-refractivity contribution in [1.29, 1.82) is 0 Å². The van der Waals surface area contributed by atoms with Crippen LogP contribution in [0.4, 0.5) is 11.5 Å². The summed E-state index contributed by atoms with van der Waals surface area (Å²) in [5.41, 5.74) is -0.193. The van der Waals surface area contributed by atoms with Gasteiger partial charge < -0.3 is 20.2 Å². The van der Waals surface area contributed by atoms with Crippen LogP contribution in [0.25, 0.3) is 11.3 Å². The van der Waals surface area contributed by atoms with Crippen molar-refractivity contribution in [2.24, 2.45) is 0 Å². The van der Waals surface area contributed by atoms with E-state index in [1.165, 1.54) is 24.3 Å². The molecule has 12 heteroatoms. The summed E-state index contributed by atoms with van der Waals surface area (Å²) < 4.78 is 10.3. The lowest BCUT2D eigenvalue weighted by Crippen LogP contribution is -2.38. The molecule has 1 aliphatic heterocycles. The number of benzene rings is 1. The van der Waals surface area contributed by atoms with E-state index in [0.29, 0.717) is 26.2 Å². The fraction of sp³-hybridized carbons (Fsp3) is 0.412. The van der Waals surface area contributed by atoms with Gasteiger partial charge in [0.1, 0.15) is 0 Å². The van der Waals surface area contributed by atoms with Gasteiger partial charge in [-0.25, -0.2) is 0 Å². The number of hydrogen-bond donors (Lipinski definition) is 1. The van der Waals surface area contributed by atoms with E-state index in [1.807, 2.05) is 0 Å². The van der Waals surface area contributed by atoms with Crippen LogP contribution in [-0.4, -0.2) is 65.2 Å². The Balaban J connectivity index is 1.70. The molecule has 0 unspecified atom stereocenters. The van der Waals surface area contributed by atoms with Gasteiger partial charge in [-0.1, -0.05) is 0 Å². The number of nitro benzene ring substituents is 1. The summed E-state index contributed by atoms with van der Waals surface area (Å²) >= 11 is 0. The molecule has 0 atom stereocenters. The highest BCUT2D eigenvalue weighted by Crippen LogP contribution is 2.31. The van der Waals surface area contributed by atoms with Crippen LogP contribution in [0.1, 0.15) is 16.8 Å². The smallest absolute Gasteiger partial charge is 0.379 e. The number of rotatable bonds is 8. The number of non-ortho nitro benzene ring substituents is 1. The van der Waals surface area contributed by atoms with Crippen LogP contribution in [0.3, 0.4) is 0 Å². The van der Waals surface area contributed by atoms with Crippen LogP contribution in [0.15, 0.2) is 28.8 Å². The summed E-state index contributed by atoms with van der Waals surface area (Å²) in [6.07, 6.45) is 0.664. The van der Waals surface area contributed by atoms with Gasteiger partial charge in [0.05, 0.1) is 18.1 Å². The van der Waals surface area contributed by atoms with E-state index in [-0.39, 0.29) is 22.6 Å². The van der Waals surface area contributed by atoms with Crippen molar-refractivity contribution < 1.29 is 23.9 Å². The molecular weight excluding hydrogens is 386 g/mol. The second-order valence-corrected chi connectivity index (χ2v) is 6.33. The minimum Gasteiger partial charge on any atom is -0.379 e. The number of aromatic nitrogens is 1. The summed E-state index contributed by atoms with van der Waals surface area (Å²) in [6, 6.07) is 5.12. The van der Waals surface area contributed by atoms with Crippen molar-refractivity contribution in [1.82, 2.24) is 15.4 Å². The Bertz CT molecular complexity index is 890. The highest BCUT2D eigenvalue weighted by Gasteiger charge is 2.33. The Morgan fingerprint density at radius 2 is 1.83 bits per heavy atom. The molecule has 0 spiro atoms. The third kappa shape index (κ3) is 4.92. The summed E-state index contributed by atoms with van der Waals surface area (Å²) in [4.78, 5) is 35.5. The molecule has 0 radical (unpaired) electrons. The van der Waals surface area contributed by atoms with Gasteiger partial charge in [-0.3, -0.25) is 24.3 Å². The van der Waals surface area contributed by atoms with Gasteiger partial charge in [-0.05, 0) is 30.0 Å². The molecule has 0 saturated carbocycles. The van der Waals surface area contributed by atoms with E-state index in [9.17, 15) is 25.0 Å². The number of nitrogens with one attached hydrogen (secondary N) is 1. The van der Waals surface area contributed by atoms with Crippen molar-refractivity contribution in [3.63, 3.8) is 0 Å². The van der Waals surface area contributed by atoms with Crippen LogP contribution in [0.5, 0.6) is 0 Å². The lowest BCUT2D eigenvalue weighted by Gasteiger charge is -2.26. The second kappa shape index (κ2) is 9.21. The Hall–Kier alpha value is -3.38.